The van der Waals surface area contributed by atoms with Gasteiger partial charge in [0, 0.05) is 32.8 Å². The standard InChI is InChI=1S/C30H42FN5O4/c1-6-19(2)27-30(39)36(5)21(4)28(37)35-25(17-22-11-13-23(31)14-12-22)29(38)33-16-7-9-24-26(10-8-15-32-24)40-20(3)18-34-27/h8,10-15,19-21,25,27,34H,6-7,9,16-18H2,1-5H3,(H,33,38)(H,35,37)/t19?,20-,21-,25?,27+/m1/s1. The molecule has 0 saturated carbocycles. The molecule has 1 aromatic carbocycles. The molecule has 2 unspecified atom stereocenters. The first-order chi connectivity index (χ1) is 19.1. The molecule has 2 heterocycles. The number of rotatable bonds is 4. The third kappa shape index (κ3) is 8.48. The zero-order valence-corrected chi connectivity index (χ0v) is 24.1. The molecule has 1 aromatic heterocycles. The van der Waals surface area contributed by atoms with Gasteiger partial charge in [-0.25, -0.2) is 4.39 Å². The molecule has 2 aromatic rings. The Hall–Kier alpha value is -3.53. The van der Waals surface area contributed by atoms with Crippen LogP contribution in [0.2, 0.25) is 0 Å². The Morgan fingerprint density at radius 1 is 1.12 bits per heavy atom. The van der Waals surface area contributed by atoms with Crippen LogP contribution in [0, 0.1) is 11.7 Å². The number of halogens is 1. The number of aromatic nitrogens is 1. The van der Waals surface area contributed by atoms with Gasteiger partial charge in [-0.3, -0.25) is 19.4 Å². The lowest BCUT2D eigenvalue weighted by Crippen LogP contribution is -2.57. The number of aryl methyl sites for hydroxylation is 1. The van der Waals surface area contributed by atoms with E-state index in [9.17, 15) is 18.8 Å². The van der Waals surface area contributed by atoms with Crippen LogP contribution in [0.1, 0.15) is 51.8 Å². The summed E-state index contributed by atoms with van der Waals surface area (Å²) in [7, 11) is 1.60. The lowest BCUT2D eigenvalue weighted by molar-refractivity contribution is -0.141. The summed E-state index contributed by atoms with van der Waals surface area (Å²) in [6.45, 7) is 8.38. The van der Waals surface area contributed by atoms with Gasteiger partial charge in [-0.2, -0.15) is 0 Å². The first-order valence-corrected chi connectivity index (χ1v) is 14.0. The number of carbonyl (C=O) groups excluding carboxylic acids is 3. The van der Waals surface area contributed by atoms with Crippen LogP contribution in [0.4, 0.5) is 4.39 Å². The van der Waals surface area contributed by atoms with Crippen molar-refractivity contribution in [2.24, 2.45) is 5.92 Å². The van der Waals surface area contributed by atoms with Crippen LogP contribution >= 0.6 is 0 Å². The fourth-order valence-electron chi connectivity index (χ4n) is 4.57. The van der Waals surface area contributed by atoms with Crippen molar-refractivity contribution in [1.82, 2.24) is 25.8 Å². The quantitative estimate of drug-likeness (QED) is 0.535. The molecule has 9 nitrogen and oxygen atoms in total. The molecule has 5 atom stereocenters. The predicted octanol–water partition coefficient (Wildman–Crippen LogP) is 2.63. The van der Waals surface area contributed by atoms with Gasteiger partial charge in [-0.05, 0) is 62.4 Å². The van der Waals surface area contributed by atoms with Gasteiger partial charge in [-0.15, -0.1) is 0 Å². The molecule has 1 aliphatic rings. The molecule has 218 valence electrons. The lowest BCUT2D eigenvalue weighted by atomic mass is 9.97. The number of amides is 3. The SMILES string of the molecule is CCC(C)[C@@H]1NC[C@@H](C)Oc2cccnc2CCCNC(=O)C(Cc2ccc(F)cc2)NC(=O)[C@@H](C)N(C)C1=O. The summed E-state index contributed by atoms with van der Waals surface area (Å²) < 4.78 is 19.6. The van der Waals surface area contributed by atoms with E-state index in [1.54, 1.807) is 32.3 Å². The molecule has 0 fully saturated rings. The molecule has 0 bridgehead atoms. The molecular weight excluding hydrogens is 513 g/mol. The lowest BCUT2D eigenvalue weighted by Gasteiger charge is -2.33. The number of likely N-dealkylation sites (N-methyl/N-ethyl adjacent to an activating group) is 1. The van der Waals surface area contributed by atoms with Gasteiger partial charge in [0.15, 0.2) is 0 Å². The Labute approximate surface area is 236 Å². The van der Waals surface area contributed by atoms with E-state index in [0.717, 1.165) is 12.1 Å². The van der Waals surface area contributed by atoms with Gasteiger partial charge in [0.05, 0.1) is 11.7 Å². The van der Waals surface area contributed by atoms with Crippen molar-refractivity contribution in [2.45, 2.75) is 77.6 Å². The summed E-state index contributed by atoms with van der Waals surface area (Å²) in [5.74, 6) is -0.724. The Morgan fingerprint density at radius 3 is 2.55 bits per heavy atom. The summed E-state index contributed by atoms with van der Waals surface area (Å²) in [5.41, 5.74) is 1.48. The number of nitrogens with zero attached hydrogens (tertiary/aromatic N) is 2. The molecule has 40 heavy (non-hydrogen) atoms. The van der Waals surface area contributed by atoms with Crippen LogP contribution in [0.5, 0.6) is 5.75 Å². The molecule has 1 aliphatic heterocycles. The van der Waals surface area contributed by atoms with Crippen LogP contribution in [-0.4, -0.2) is 72.0 Å². The summed E-state index contributed by atoms with van der Waals surface area (Å²) in [6, 6.07) is 7.25. The number of hydrogen-bond acceptors (Lipinski definition) is 6. The van der Waals surface area contributed by atoms with Gasteiger partial charge in [0.25, 0.3) is 0 Å². The molecule has 0 saturated heterocycles. The van der Waals surface area contributed by atoms with E-state index in [2.05, 4.69) is 20.9 Å². The number of hydrogen-bond donors (Lipinski definition) is 3. The second kappa shape index (κ2) is 14.7. The Bertz CT molecular complexity index is 1150. The maximum Gasteiger partial charge on any atom is 0.243 e. The maximum absolute atomic E-state index is 13.6. The zero-order chi connectivity index (χ0) is 29.2. The molecule has 0 spiro atoms. The third-order valence-corrected chi connectivity index (χ3v) is 7.46. The van der Waals surface area contributed by atoms with Crippen molar-refractivity contribution in [3.63, 3.8) is 0 Å². The van der Waals surface area contributed by atoms with Crippen LogP contribution in [0.3, 0.4) is 0 Å². The second-order valence-electron chi connectivity index (χ2n) is 10.6. The highest BCUT2D eigenvalue weighted by atomic mass is 19.1. The van der Waals surface area contributed by atoms with Crippen molar-refractivity contribution in [3.05, 3.63) is 59.7 Å². The molecule has 3 rings (SSSR count). The number of carbonyl (C=O) groups is 3. The highest BCUT2D eigenvalue weighted by Gasteiger charge is 2.33. The minimum atomic E-state index is -0.902. The van der Waals surface area contributed by atoms with Crippen LogP contribution < -0.4 is 20.7 Å². The van der Waals surface area contributed by atoms with E-state index < -0.39 is 24.0 Å². The van der Waals surface area contributed by atoms with E-state index in [4.69, 9.17) is 4.74 Å². The molecule has 10 heteroatoms. The van der Waals surface area contributed by atoms with E-state index in [1.807, 2.05) is 32.9 Å². The number of ether oxygens (including phenoxy) is 1. The van der Waals surface area contributed by atoms with E-state index in [-0.39, 0.29) is 36.1 Å². The Balaban J connectivity index is 1.88. The Morgan fingerprint density at radius 2 is 1.85 bits per heavy atom. The number of pyridine rings is 1. The summed E-state index contributed by atoms with van der Waals surface area (Å²) in [5, 5.41) is 9.09. The average molecular weight is 556 g/mol. The fourth-order valence-corrected chi connectivity index (χ4v) is 4.57. The Kier molecular flexibility index (Phi) is 11.4. The van der Waals surface area contributed by atoms with Crippen molar-refractivity contribution < 1.29 is 23.5 Å². The largest absolute Gasteiger partial charge is 0.487 e. The fraction of sp³-hybridized carbons (Fsp3) is 0.533. The highest BCUT2D eigenvalue weighted by molar-refractivity contribution is 5.93. The normalized spacial score (nSPS) is 24.6. The second-order valence-corrected chi connectivity index (χ2v) is 10.6. The van der Waals surface area contributed by atoms with Crippen LogP contribution in [0.15, 0.2) is 42.6 Å². The number of fused-ring (bicyclic) bond motifs is 1. The van der Waals surface area contributed by atoms with Crippen LogP contribution in [0.25, 0.3) is 0 Å². The van der Waals surface area contributed by atoms with Gasteiger partial charge in [0.2, 0.25) is 17.7 Å². The highest BCUT2D eigenvalue weighted by Crippen LogP contribution is 2.19. The molecule has 0 aliphatic carbocycles. The number of nitrogens with one attached hydrogen (secondary N) is 3. The first kappa shape index (κ1) is 31.0. The minimum Gasteiger partial charge on any atom is -0.487 e. The van der Waals surface area contributed by atoms with Crippen LogP contribution in [-0.2, 0) is 27.2 Å². The molecule has 0 radical (unpaired) electrons. The van der Waals surface area contributed by atoms with Crippen molar-refractivity contribution in [2.75, 3.05) is 20.1 Å². The average Bonchev–Trinajstić information content (AvgIpc) is 2.95. The topological polar surface area (TPSA) is 113 Å². The summed E-state index contributed by atoms with van der Waals surface area (Å²) in [6.07, 6.45) is 3.61. The maximum atomic E-state index is 13.6. The minimum absolute atomic E-state index is 0.00830. The first-order valence-electron chi connectivity index (χ1n) is 14.0. The van der Waals surface area contributed by atoms with E-state index in [1.165, 1.54) is 17.0 Å². The van der Waals surface area contributed by atoms with Gasteiger partial charge in [0.1, 0.15) is 29.8 Å². The van der Waals surface area contributed by atoms with Crippen molar-refractivity contribution >= 4 is 17.7 Å². The monoisotopic (exact) mass is 555 g/mol. The molecular formula is C30H42FN5O4. The molecule has 3 N–H and O–H groups in total. The van der Waals surface area contributed by atoms with Gasteiger partial charge < -0.3 is 25.6 Å². The van der Waals surface area contributed by atoms with Gasteiger partial charge in [-0.1, -0.05) is 32.4 Å². The zero-order valence-electron chi connectivity index (χ0n) is 24.1. The third-order valence-electron chi connectivity index (χ3n) is 7.46. The van der Waals surface area contributed by atoms with Crippen molar-refractivity contribution in [3.8, 4) is 5.75 Å². The smallest absolute Gasteiger partial charge is 0.243 e. The van der Waals surface area contributed by atoms with Gasteiger partial charge >= 0.3 is 0 Å². The van der Waals surface area contributed by atoms with E-state index in [0.29, 0.717) is 37.2 Å². The summed E-state index contributed by atoms with van der Waals surface area (Å²) >= 11 is 0. The predicted molar refractivity (Wildman–Crippen MR) is 151 cm³/mol. The van der Waals surface area contributed by atoms with Crippen molar-refractivity contribution in [1.29, 1.82) is 0 Å². The summed E-state index contributed by atoms with van der Waals surface area (Å²) in [4.78, 5) is 46.0. The number of benzene rings is 1. The van der Waals surface area contributed by atoms with E-state index >= 15 is 0 Å². The molecule has 3 amide bonds.